The summed E-state index contributed by atoms with van der Waals surface area (Å²) in [7, 11) is 0. The van der Waals surface area contributed by atoms with Crippen LogP contribution in [0.5, 0.6) is 0 Å². The largest absolute Gasteiger partial charge is 0.374 e. The Balaban J connectivity index is 1.85. The first kappa shape index (κ1) is 14.6. The van der Waals surface area contributed by atoms with E-state index in [9.17, 15) is 4.79 Å². The van der Waals surface area contributed by atoms with Crippen molar-refractivity contribution >= 4 is 23.3 Å². The number of carbonyl (C=O) groups is 1. The number of carbonyl (C=O) groups excluding carboxylic acids is 1. The summed E-state index contributed by atoms with van der Waals surface area (Å²) in [6.45, 7) is 1.21. The van der Waals surface area contributed by atoms with Crippen molar-refractivity contribution < 1.29 is 9.53 Å². The number of fused-ring (bicyclic) bond motifs is 1. The smallest absolute Gasteiger partial charge is 0.254 e. The molecule has 2 heterocycles. The van der Waals surface area contributed by atoms with E-state index in [1.165, 1.54) is 6.42 Å². The first-order chi connectivity index (χ1) is 10.2. The van der Waals surface area contributed by atoms with E-state index in [0.717, 1.165) is 19.3 Å². The van der Waals surface area contributed by atoms with Crippen LogP contribution in [0.4, 0.5) is 5.82 Å². The number of pyridine rings is 1. The van der Waals surface area contributed by atoms with Crippen molar-refractivity contribution in [3.05, 3.63) is 22.8 Å². The Morgan fingerprint density at radius 3 is 3.05 bits per heavy atom. The monoisotopic (exact) mass is 310 g/mol. The summed E-state index contributed by atoms with van der Waals surface area (Å²) >= 11 is 5.95. The second kappa shape index (κ2) is 6.17. The molecule has 2 atom stereocenters. The number of hydrogen-bond acceptors (Lipinski definition) is 5. The van der Waals surface area contributed by atoms with Crippen LogP contribution in [0.3, 0.4) is 0 Å². The lowest BCUT2D eigenvalue weighted by molar-refractivity contribution is -0.0752. The molecule has 1 amide bonds. The van der Waals surface area contributed by atoms with E-state index in [1.54, 1.807) is 12.1 Å². The molecule has 1 aliphatic carbocycles. The molecule has 7 heteroatoms. The second-order valence-corrected chi connectivity index (χ2v) is 5.85. The highest BCUT2D eigenvalue weighted by molar-refractivity contribution is 6.29. The van der Waals surface area contributed by atoms with Gasteiger partial charge in [0.2, 0.25) is 0 Å². The fourth-order valence-corrected chi connectivity index (χ4v) is 3.42. The topological polar surface area (TPSA) is 80.5 Å². The summed E-state index contributed by atoms with van der Waals surface area (Å²) in [5, 5.41) is 0.252. The van der Waals surface area contributed by atoms with E-state index in [1.807, 2.05) is 4.90 Å². The zero-order valence-electron chi connectivity index (χ0n) is 11.7. The van der Waals surface area contributed by atoms with Crippen molar-refractivity contribution in [3.8, 4) is 0 Å². The number of amides is 1. The van der Waals surface area contributed by atoms with Gasteiger partial charge in [0, 0.05) is 12.1 Å². The Labute approximate surface area is 128 Å². The van der Waals surface area contributed by atoms with Crippen molar-refractivity contribution in [1.29, 1.82) is 0 Å². The van der Waals surface area contributed by atoms with Crippen LogP contribution in [0, 0.1) is 0 Å². The molecular formula is C14H19ClN4O2. The van der Waals surface area contributed by atoms with E-state index in [-0.39, 0.29) is 23.2 Å². The maximum Gasteiger partial charge on any atom is 0.254 e. The number of morpholine rings is 1. The predicted octanol–water partition coefficient (Wildman–Crippen LogP) is 1.80. The van der Waals surface area contributed by atoms with Crippen molar-refractivity contribution in [2.45, 2.75) is 37.8 Å². The van der Waals surface area contributed by atoms with Gasteiger partial charge in [-0.25, -0.2) is 10.8 Å². The third-order valence-corrected chi connectivity index (χ3v) is 4.38. The first-order valence-corrected chi connectivity index (χ1v) is 7.63. The first-order valence-electron chi connectivity index (χ1n) is 7.26. The number of aromatic nitrogens is 1. The number of nitrogens with one attached hydrogen (secondary N) is 1. The molecule has 2 fully saturated rings. The van der Waals surface area contributed by atoms with Gasteiger partial charge in [-0.05, 0) is 25.0 Å². The van der Waals surface area contributed by atoms with Crippen LogP contribution in [-0.4, -0.2) is 41.1 Å². The molecule has 0 spiro atoms. The van der Waals surface area contributed by atoms with Gasteiger partial charge < -0.3 is 15.1 Å². The Bertz CT molecular complexity index is 538. The van der Waals surface area contributed by atoms with E-state index in [2.05, 4.69) is 10.4 Å². The van der Waals surface area contributed by atoms with Crippen molar-refractivity contribution in [3.63, 3.8) is 0 Å². The molecule has 1 saturated heterocycles. The molecule has 21 heavy (non-hydrogen) atoms. The Kier molecular flexibility index (Phi) is 4.28. The van der Waals surface area contributed by atoms with Crippen LogP contribution in [0.25, 0.3) is 0 Å². The summed E-state index contributed by atoms with van der Waals surface area (Å²) in [6.07, 6.45) is 4.51. The predicted molar refractivity (Wildman–Crippen MR) is 80.1 cm³/mol. The van der Waals surface area contributed by atoms with E-state index in [4.69, 9.17) is 22.2 Å². The average molecular weight is 311 g/mol. The second-order valence-electron chi connectivity index (χ2n) is 5.47. The number of hydrazine groups is 1. The van der Waals surface area contributed by atoms with Crippen LogP contribution >= 0.6 is 11.6 Å². The van der Waals surface area contributed by atoms with Gasteiger partial charge in [-0.1, -0.05) is 24.4 Å². The number of nitrogen functional groups attached to an aromatic ring is 1. The van der Waals surface area contributed by atoms with Gasteiger partial charge in [0.1, 0.15) is 11.0 Å². The highest BCUT2D eigenvalue weighted by atomic mass is 35.5. The van der Waals surface area contributed by atoms with Gasteiger partial charge in [-0.2, -0.15) is 0 Å². The van der Waals surface area contributed by atoms with Crippen molar-refractivity contribution in [2.24, 2.45) is 5.84 Å². The molecule has 6 nitrogen and oxygen atoms in total. The molecule has 2 aliphatic rings. The highest BCUT2D eigenvalue weighted by Crippen LogP contribution is 2.30. The highest BCUT2D eigenvalue weighted by Gasteiger charge is 2.37. The van der Waals surface area contributed by atoms with E-state index >= 15 is 0 Å². The molecule has 3 N–H and O–H groups in total. The van der Waals surface area contributed by atoms with E-state index in [0.29, 0.717) is 24.5 Å². The lowest BCUT2D eigenvalue weighted by atomic mass is 9.90. The summed E-state index contributed by atoms with van der Waals surface area (Å²) in [5.74, 6) is 5.71. The molecule has 1 aliphatic heterocycles. The van der Waals surface area contributed by atoms with Gasteiger partial charge >= 0.3 is 0 Å². The maximum absolute atomic E-state index is 12.8. The quantitative estimate of drug-likeness (QED) is 0.494. The number of anilines is 1. The molecule has 0 radical (unpaired) electrons. The van der Waals surface area contributed by atoms with Crippen molar-refractivity contribution in [2.75, 3.05) is 18.6 Å². The van der Waals surface area contributed by atoms with E-state index < -0.39 is 0 Å². The minimum Gasteiger partial charge on any atom is -0.374 e. The van der Waals surface area contributed by atoms with Crippen LogP contribution in [-0.2, 0) is 4.74 Å². The van der Waals surface area contributed by atoms with Gasteiger partial charge in [0.05, 0.1) is 18.8 Å². The standard InChI is InChI=1S/C14H19ClN4O2/c15-12-7-9(8-13(17-12)18-16)14(20)19-5-6-21-11-4-2-1-3-10(11)19/h7-8,10-11H,1-6,16H2,(H,17,18). The van der Waals surface area contributed by atoms with Crippen LogP contribution in [0.15, 0.2) is 12.1 Å². The summed E-state index contributed by atoms with van der Waals surface area (Å²) < 4.78 is 5.80. The zero-order valence-corrected chi connectivity index (χ0v) is 12.5. The summed E-state index contributed by atoms with van der Waals surface area (Å²) in [5.41, 5.74) is 2.94. The minimum atomic E-state index is -0.0315. The van der Waals surface area contributed by atoms with Crippen molar-refractivity contribution in [1.82, 2.24) is 9.88 Å². The summed E-state index contributed by atoms with van der Waals surface area (Å²) in [4.78, 5) is 18.7. The molecule has 1 aromatic rings. The molecule has 114 valence electrons. The third kappa shape index (κ3) is 2.97. The lowest BCUT2D eigenvalue weighted by Crippen LogP contribution is -2.54. The third-order valence-electron chi connectivity index (χ3n) is 4.18. The van der Waals surface area contributed by atoms with Gasteiger partial charge in [0.15, 0.2) is 0 Å². The molecule has 3 rings (SSSR count). The molecule has 0 bridgehead atoms. The average Bonchev–Trinajstić information content (AvgIpc) is 2.53. The Morgan fingerprint density at radius 1 is 1.43 bits per heavy atom. The molecular weight excluding hydrogens is 292 g/mol. The van der Waals surface area contributed by atoms with Gasteiger partial charge in [0.25, 0.3) is 5.91 Å². The number of halogens is 1. The Hall–Kier alpha value is -1.37. The summed E-state index contributed by atoms with van der Waals surface area (Å²) in [6, 6.07) is 3.38. The number of hydrogen-bond donors (Lipinski definition) is 2. The normalized spacial score (nSPS) is 25.3. The number of nitrogens with zero attached hydrogens (tertiary/aromatic N) is 2. The zero-order chi connectivity index (χ0) is 14.8. The molecule has 2 unspecified atom stereocenters. The number of ether oxygens (including phenoxy) is 1. The number of nitrogens with two attached hydrogens (primary N) is 1. The minimum absolute atomic E-state index is 0.0315. The van der Waals surface area contributed by atoms with Gasteiger partial charge in [-0.15, -0.1) is 0 Å². The molecule has 1 aromatic heterocycles. The number of rotatable bonds is 2. The SMILES string of the molecule is NNc1cc(C(=O)N2CCOC3CCCCC32)cc(Cl)n1. The van der Waals surface area contributed by atoms with Crippen LogP contribution < -0.4 is 11.3 Å². The van der Waals surface area contributed by atoms with Gasteiger partial charge in [-0.3, -0.25) is 4.79 Å². The molecule has 1 saturated carbocycles. The maximum atomic E-state index is 12.8. The van der Waals surface area contributed by atoms with Crippen LogP contribution in [0.2, 0.25) is 5.15 Å². The fourth-order valence-electron chi connectivity index (χ4n) is 3.21. The lowest BCUT2D eigenvalue weighted by Gasteiger charge is -2.43. The molecule has 0 aromatic carbocycles. The Morgan fingerprint density at radius 2 is 2.24 bits per heavy atom. The van der Waals surface area contributed by atoms with Crippen LogP contribution in [0.1, 0.15) is 36.0 Å². The fraction of sp³-hybridized carbons (Fsp3) is 0.571.